The fraction of sp³-hybridized carbons (Fsp3) is 0.900. The predicted octanol–water partition coefficient (Wildman–Crippen LogP) is -0.644. The molecule has 0 saturated heterocycles. The van der Waals surface area contributed by atoms with Gasteiger partial charge in [-0.25, -0.2) is 0 Å². The molecule has 5 heteroatoms. The fourth-order valence-corrected chi connectivity index (χ4v) is 1.06. The molecule has 5 nitrogen and oxygen atoms in total. The van der Waals surface area contributed by atoms with Crippen molar-refractivity contribution in [3.05, 3.63) is 0 Å². The summed E-state index contributed by atoms with van der Waals surface area (Å²) in [6.07, 6.45) is 0. The molecule has 0 saturated carbocycles. The second kappa shape index (κ2) is 8.64. The summed E-state index contributed by atoms with van der Waals surface area (Å²) >= 11 is 0. The number of aliphatic hydroxyl groups is 1. The number of carbonyl (C=O) groups is 1. The molecule has 0 radical (unpaired) electrons. The quantitative estimate of drug-likeness (QED) is 0.474. The van der Waals surface area contributed by atoms with Crippen LogP contribution < -0.4 is 10.6 Å². The summed E-state index contributed by atoms with van der Waals surface area (Å²) in [5.74, 6) is 0.136. The molecule has 0 aliphatic heterocycles. The van der Waals surface area contributed by atoms with Gasteiger partial charge in [0.25, 0.3) is 0 Å². The van der Waals surface area contributed by atoms with Crippen molar-refractivity contribution >= 4 is 5.91 Å². The van der Waals surface area contributed by atoms with Crippen molar-refractivity contribution in [2.24, 2.45) is 5.92 Å². The van der Waals surface area contributed by atoms with Crippen LogP contribution in [0.5, 0.6) is 0 Å². The SMILES string of the molecule is COCCNCC(=O)N[C@H](CO)C(C)C. The third kappa shape index (κ3) is 7.30. The Labute approximate surface area is 91.2 Å². The van der Waals surface area contributed by atoms with Crippen molar-refractivity contribution in [2.45, 2.75) is 19.9 Å². The molecule has 0 heterocycles. The van der Waals surface area contributed by atoms with Gasteiger partial charge in [-0.1, -0.05) is 13.8 Å². The molecule has 1 atom stereocenters. The Morgan fingerprint density at radius 3 is 2.60 bits per heavy atom. The maximum atomic E-state index is 11.4. The van der Waals surface area contributed by atoms with Crippen molar-refractivity contribution in [3.63, 3.8) is 0 Å². The lowest BCUT2D eigenvalue weighted by atomic mass is 10.1. The monoisotopic (exact) mass is 218 g/mol. The summed E-state index contributed by atoms with van der Waals surface area (Å²) in [7, 11) is 1.61. The van der Waals surface area contributed by atoms with Crippen molar-refractivity contribution in [1.29, 1.82) is 0 Å². The van der Waals surface area contributed by atoms with Crippen molar-refractivity contribution in [3.8, 4) is 0 Å². The molecule has 0 aromatic heterocycles. The molecule has 1 amide bonds. The normalized spacial score (nSPS) is 12.9. The fourth-order valence-electron chi connectivity index (χ4n) is 1.06. The minimum atomic E-state index is -0.165. The molecular weight excluding hydrogens is 196 g/mol. The van der Waals surface area contributed by atoms with E-state index in [-0.39, 0.29) is 31.0 Å². The maximum Gasteiger partial charge on any atom is 0.234 e. The molecule has 0 bridgehead atoms. The lowest BCUT2D eigenvalue weighted by Crippen LogP contribution is -2.45. The molecule has 0 fully saturated rings. The molecule has 0 unspecified atom stereocenters. The number of rotatable bonds is 8. The van der Waals surface area contributed by atoms with Gasteiger partial charge in [0.05, 0.1) is 25.8 Å². The van der Waals surface area contributed by atoms with Crippen LogP contribution in [0.1, 0.15) is 13.8 Å². The molecule has 90 valence electrons. The van der Waals surface area contributed by atoms with Gasteiger partial charge in [-0.15, -0.1) is 0 Å². The first-order valence-electron chi connectivity index (χ1n) is 5.21. The van der Waals surface area contributed by atoms with Crippen LogP contribution in [0.2, 0.25) is 0 Å². The van der Waals surface area contributed by atoms with Crippen LogP contribution in [0.4, 0.5) is 0 Å². The van der Waals surface area contributed by atoms with Crippen LogP contribution in [0, 0.1) is 5.92 Å². The van der Waals surface area contributed by atoms with E-state index in [4.69, 9.17) is 9.84 Å². The van der Waals surface area contributed by atoms with Gasteiger partial charge in [-0.05, 0) is 5.92 Å². The zero-order valence-corrected chi connectivity index (χ0v) is 9.75. The number of amides is 1. The first kappa shape index (κ1) is 14.3. The first-order chi connectivity index (χ1) is 7.11. The van der Waals surface area contributed by atoms with E-state index in [1.807, 2.05) is 13.8 Å². The highest BCUT2D eigenvalue weighted by atomic mass is 16.5. The van der Waals surface area contributed by atoms with Crippen LogP contribution in [-0.2, 0) is 9.53 Å². The Balaban J connectivity index is 3.62. The van der Waals surface area contributed by atoms with E-state index < -0.39 is 0 Å². The average Bonchev–Trinajstić information content (AvgIpc) is 2.20. The van der Waals surface area contributed by atoms with Gasteiger partial charge in [0.1, 0.15) is 0 Å². The van der Waals surface area contributed by atoms with Gasteiger partial charge in [-0.3, -0.25) is 4.79 Å². The molecule has 3 N–H and O–H groups in total. The van der Waals surface area contributed by atoms with Crippen molar-refractivity contribution in [2.75, 3.05) is 33.4 Å². The molecule has 0 aliphatic rings. The molecular formula is C10H22N2O3. The van der Waals surface area contributed by atoms with E-state index in [9.17, 15) is 4.79 Å². The Hall–Kier alpha value is -0.650. The molecule has 0 aliphatic carbocycles. The summed E-state index contributed by atoms with van der Waals surface area (Å²) in [6, 6.07) is -0.165. The number of hydrogen-bond donors (Lipinski definition) is 3. The summed E-state index contributed by atoms with van der Waals surface area (Å²) in [5.41, 5.74) is 0. The zero-order chi connectivity index (χ0) is 11.7. The largest absolute Gasteiger partial charge is 0.394 e. The standard InChI is InChI=1S/C10H22N2O3/c1-8(2)9(7-13)12-10(14)6-11-4-5-15-3/h8-9,11,13H,4-7H2,1-3H3,(H,12,14)/t9-/m1/s1. The highest BCUT2D eigenvalue weighted by Crippen LogP contribution is 1.99. The van der Waals surface area contributed by atoms with Crippen LogP contribution in [0.25, 0.3) is 0 Å². The van der Waals surface area contributed by atoms with Crippen LogP contribution in [0.15, 0.2) is 0 Å². The molecule has 15 heavy (non-hydrogen) atoms. The molecule has 0 rings (SSSR count). The second-order valence-electron chi connectivity index (χ2n) is 3.77. The van der Waals surface area contributed by atoms with Gasteiger partial charge >= 0.3 is 0 Å². The van der Waals surface area contributed by atoms with E-state index in [0.717, 1.165) is 0 Å². The number of nitrogens with one attached hydrogen (secondary N) is 2. The second-order valence-corrected chi connectivity index (χ2v) is 3.77. The number of aliphatic hydroxyl groups excluding tert-OH is 1. The van der Waals surface area contributed by atoms with E-state index >= 15 is 0 Å². The maximum absolute atomic E-state index is 11.4. The summed E-state index contributed by atoms with van der Waals surface area (Å²) in [5, 5.41) is 14.7. The van der Waals surface area contributed by atoms with E-state index in [1.54, 1.807) is 7.11 Å². The molecule has 0 aromatic carbocycles. The Morgan fingerprint density at radius 1 is 1.47 bits per heavy atom. The minimum Gasteiger partial charge on any atom is -0.394 e. The van der Waals surface area contributed by atoms with Gasteiger partial charge in [0.2, 0.25) is 5.91 Å². The van der Waals surface area contributed by atoms with Crippen LogP contribution >= 0.6 is 0 Å². The zero-order valence-electron chi connectivity index (χ0n) is 9.75. The van der Waals surface area contributed by atoms with E-state index in [1.165, 1.54) is 0 Å². The number of carbonyl (C=O) groups excluding carboxylic acids is 1. The highest BCUT2D eigenvalue weighted by Gasteiger charge is 2.14. The van der Waals surface area contributed by atoms with Crippen LogP contribution in [-0.4, -0.2) is 50.5 Å². The summed E-state index contributed by atoms with van der Waals surface area (Å²) in [6.45, 7) is 5.38. The Bertz CT molecular complexity index is 174. The van der Waals surface area contributed by atoms with Crippen molar-refractivity contribution < 1.29 is 14.6 Å². The van der Waals surface area contributed by atoms with E-state index in [2.05, 4.69) is 10.6 Å². The van der Waals surface area contributed by atoms with Crippen LogP contribution in [0.3, 0.4) is 0 Å². The summed E-state index contributed by atoms with van der Waals surface area (Å²) < 4.78 is 4.83. The lowest BCUT2D eigenvalue weighted by molar-refractivity contribution is -0.121. The van der Waals surface area contributed by atoms with Gasteiger partial charge in [0.15, 0.2) is 0 Å². The average molecular weight is 218 g/mol. The predicted molar refractivity (Wildman–Crippen MR) is 58.6 cm³/mol. The van der Waals surface area contributed by atoms with Gasteiger partial charge in [0, 0.05) is 13.7 Å². The highest BCUT2D eigenvalue weighted by molar-refractivity contribution is 5.78. The Morgan fingerprint density at radius 2 is 2.13 bits per heavy atom. The molecule has 0 spiro atoms. The third-order valence-electron chi connectivity index (χ3n) is 2.12. The number of ether oxygens (including phenoxy) is 1. The van der Waals surface area contributed by atoms with Gasteiger partial charge in [-0.2, -0.15) is 0 Å². The van der Waals surface area contributed by atoms with Crippen molar-refractivity contribution in [1.82, 2.24) is 10.6 Å². The third-order valence-corrected chi connectivity index (χ3v) is 2.12. The topological polar surface area (TPSA) is 70.6 Å². The Kier molecular flexibility index (Phi) is 8.27. The van der Waals surface area contributed by atoms with Gasteiger partial charge < -0.3 is 20.5 Å². The number of methoxy groups -OCH3 is 1. The minimum absolute atomic E-state index is 0.0263. The first-order valence-corrected chi connectivity index (χ1v) is 5.21. The summed E-state index contributed by atoms with van der Waals surface area (Å²) in [4.78, 5) is 11.4. The molecule has 0 aromatic rings. The smallest absolute Gasteiger partial charge is 0.234 e. The van der Waals surface area contributed by atoms with E-state index in [0.29, 0.717) is 13.2 Å². The lowest BCUT2D eigenvalue weighted by Gasteiger charge is -2.19. The number of hydrogen-bond acceptors (Lipinski definition) is 4.